The Morgan fingerprint density at radius 2 is 1.94 bits per heavy atom. The average Bonchev–Trinajstić information content (AvgIpc) is 2.40. The summed E-state index contributed by atoms with van der Waals surface area (Å²) in [6.45, 7) is 5.34. The lowest BCUT2D eigenvalue weighted by molar-refractivity contribution is 0.573. The van der Waals surface area contributed by atoms with Crippen LogP contribution in [-0.2, 0) is 0 Å². The molecule has 0 aliphatic heterocycles. The summed E-state index contributed by atoms with van der Waals surface area (Å²) in [5, 5.41) is 4.57. The number of hydrogen-bond acceptors (Lipinski definition) is 5. The van der Waals surface area contributed by atoms with Crippen molar-refractivity contribution in [3.63, 3.8) is 0 Å². The van der Waals surface area contributed by atoms with Crippen LogP contribution >= 0.6 is 35.1 Å². The van der Waals surface area contributed by atoms with E-state index in [-0.39, 0.29) is 4.75 Å². The first kappa shape index (κ1) is 15.9. The van der Waals surface area contributed by atoms with Crippen LogP contribution in [0, 0.1) is 0 Å². The van der Waals surface area contributed by atoms with Crippen LogP contribution in [0.25, 0.3) is 0 Å². The highest BCUT2D eigenvalue weighted by atomic mass is 35.5. The van der Waals surface area contributed by atoms with E-state index in [0.717, 1.165) is 25.2 Å². The Morgan fingerprint density at radius 3 is 2.44 bits per heavy atom. The maximum atomic E-state index is 5.97. The number of thioether (sulfide) groups is 2. The molecule has 0 radical (unpaired) electrons. The van der Waals surface area contributed by atoms with Crippen molar-refractivity contribution in [2.45, 2.75) is 36.6 Å². The van der Waals surface area contributed by atoms with Crippen LogP contribution in [-0.4, -0.2) is 33.8 Å². The van der Waals surface area contributed by atoms with E-state index in [4.69, 9.17) is 11.6 Å². The molecule has 0 saturated heterocycles. The van der Waals surface area contributed by atoms with Crippen LogP contribution in [0.5, 0.6) is 0 Å². The van der Waals surface area contributed by atoms with Gasteiger partial charge in [-0.25, -0.2) is 9.97 Å². The Bertz CT molecular complexity index is 375. The van der Waals surface area contributed by atoms with Gasteiger partial charge in [-0.2, -0.15) is 11.8 Å². The minimum absolute atomic E-state index is 0.261. The molecule has 3 nitrogen and oxygen atoms in total. The molecule has 0 aliphatic rings. The minimum atomic E-state index is 0.261. The Balaban J connectivity index is 2.76. The van der Waals surface area contributed by atoms with Gasteiger partial charge in [0.1, 0.15) is 11.0 Å². The van der Waals surface area contributed by atoms with Crippen LogP contribution in [0.15, 0.2) is 11.2 Å². The second kappa shape index (κ2) is 7.46. The summed E-state index contributed by atoms with van der Waals surface area (Å²) in [4.78, 5) is 8.53. The van der Waals surface area contributed by atoms with E-state index in [1.54, 1.807) is 6.07 Å². The first-order valence-electron chi connectivity index (χ1n) is 5.96. The Kier molecular flexibility index (Phi) is 6.60. The molecule has 6 heteroatoms. The van der Waals surface area contributed by atoms with Crippen molar-refractivity contribution >= 4 is 40.9 Å². The third-order valence-corrected chi connectivity index (χ3v) is 5.50. The van der Waals surface area contributed by atoms with Crippen molar-refractivity contribution < 1.29 is 0 Å². The lowest BCUT2D eigenvalue weighted by atomic mass is 10.0. The highest BCUT2D eigenvalue weighted by molar-refractivity contribution is 8.00. The number of hydrogen-bond donors (Lipinski definition) is 1. The van der Waals surface area contributed by atoms with Crippen LogP contribution in [0.4, 0.5) is 5.82 Å². The predicted octanol–water partition coefficient (Wildman–Crippen LogP) is 4.19. The molecule has 0 aliphatic carbocycles. The Labute approximate surface area is 123 Å². The largest absolute Gasteiger partial charge is 0.368 e. The predicted molar refractivity (Wildman–Crippen MR) is 84.1 cm³/mol. The topological polar surface area (TPSA) is 37.8 Å². The summed E-state index contributed by atoms with van der Waals surface area (Å²) < 4.78 is 0.261. The fourth-order valence-electron chi connectivity index (χ4n) is 1.69. The molecule has 1 aromatic rings. The summed E-state index contributed by atoms with van der Waals surface area (Å²) in [5.74, 6) is 0.805. The maximum Gasteiger partial charge on any atom is 0.190 e. The SMILES string of the molecule is CCC(CC)(CNc1cc(Cl)nc(SC)n1)SC. The molecule has 1 N–H and O–H groups in total. The van der Waals surface area contributed by atoms with Gasteiger partial charge in [-0.05, 0) is 25.4 Å². The van der Waals surface area contributed by atoms with Crippen molar-refractivity contribution in [2.24, 2.45) is 0 Å². The van der Waals surface area contributed by atoms with Crippen LogP contribution in [0.2, 0.25) is 5.15 Å². The van der Waals surface area contributed by atoms with Gasteiger partial charge in [-0.3, -0.25) is 0 Å². The summed E-state index contributed by atoms with van der Waals surface area (Å²) in [5.41, 5.74) is 0. The lowest BCUT2D eigenvalue weighted by Gasteiger charge is -2.30. The monoisotopic (exact) mass is 305 g/mol. The fraction of sp³-hybridized carbons (Fsp3) is 0.667. The van der Waals surface area contributed by atoms with E-state index in [1.165, 1.54) is 11.8 Å². The van der Waals surface area contributed by atoms with E-state index in [9.17, 15) is 0 Å². The van der Waals surface area contributed by atoms with Gasteiger partial charge in [0, 0.05) is 17.4 Å². The van der Waals surface area contributed by atoms with Crippen molar-refractivity contribution in [2.75, 3.05) is 24.4 Å². The van der Waals surface area contributed by atoms with Crippen molar-refractivity contribution in [3.8, 4) is 0 Å². The second-order valence-corrected chi connectivity index (χ2v) is 6.45. The zero-order valence-electron chi connectivity index (χ0n) is 11.3. The molecule has 0 atom stereocenters. The third kappa shape index (κ3) is 4.21. The van der Waals surface area contributed by atoms with Gasteiger partial charge in [-0.1, -0.05) is 37.2 Å². The number of anilines is 1. The maximum absolute atomic E-state index is 5.97. The molecule has 0 spiro atoms. The number of nitrogens with zero attached hydrogens (tertiary/aromatic N) is 2. The smallest absolute Gasteiger partial charge is 0.190 e. The molecule has 0 unspecified atom stereocenters. The van der Waals surface area contributed by atoms with E-state index in [0.29, 0.717) is 10.3 Å². The number of aromatic nitrogens is 2. The van der Waals surface area contributed by atoms with E-state index >= 15 is 0 Å². The normalized spacial score (nSPS) is 11.6. The summed E-state index contributed by atoms with van der Waals surface area (Å²) in [6.07, 6.45) is 6.37. The molecular formula is C12H20ClN3S2. The molecular weight excluding hydrogens is 286 g/mol. The van der Waals surface area contributed by atoms with Gasteiger partial charge in [0.05, 0.1) is 0 Å². The standard InChI is InChI=1S/C12H20ClN3S2/c1-5-12(6-2,18-4)8-14-10-7-9(13)15-11(16-10)17-3/h7H,5-6,8H2,1-4H3,(H,14,15,16). The van der Waals surface area contributed by atoms with Crippen molar-refractivity contribution in [1.29, 1.82) is 0 Å². The number of halogens is 1. The molecule has 1 heterocycles. The van der Waals surface area contributed by atoms with Gasteiger partial charge >= 0.3 is 0 Å². The quantitative estimate of drug-likeness (QED) is 0.464. The molecule has 0 bridgehead atoms. The Morgan fingerprint density at radius 1 is 1.28 bits per heavy atom. The number of rotatable bonds is 7. The van der Waals surface area contributed by atoms with Gasteiger partial charge in [-0.15, -0.1) is 0 Å². The molecule has 1 rings (SSSR count). The molecule has 0 saturated carbocycles. The summed E-state index contributed by atoms with van der Waals surface area (Å²) in [7, 11) is 0. The molecule has 1 aromatic heterocycles. The highest BCUT2D eigenvalue weighted by Crippen LogP contribution is 2.30. The van der Waals surface area contributed by atoms with Crippen molar-refractivity contribution in [3.05, 3.63) is 11.2 Å². The summed E-state index contributed by atoms with van der Waals surface area (Å²) in [6, 6.07) is 1.78. The molecule has 102 valence electrons. The first-order chi connectivity index (χ1) is 8.59. The van der Waals surface area contributed by atoms with Gasteiger partial charge < -0.3 is 5.32 Å². The highest BCUT2D eigenvalue weighted by Gasteiger charge is 2.24. The lowest BCUT2D eigenvalue weighted by Crippen LogP contribution is -2.32. The Hall–Kier alpha value is -0.130. The number of nitrogens with one attached hydrogen (secondary N) is 1. The second-order valence-electron chi connectivity index (χ2n) is 4.01. The molecule has 0 amide bonds. The van der Waals surface area contributed by atoms with Gasteiger partial charge in [0.2, 0.25) is 0 Å². The first-order valence-corrected chi connectivity index (χ1v) is 8.79. The van der Waals surface area contributed by atoms with E-state index in [2.05, 4.69) is 35.4 Å². The average molecular weight is 306 g/mol. The third-order valence-electron chi connectivity index (χ3n) is 3.17. The fourth-order valence-corrected chi connectivity index (χ4v) is 3.10. The zero-order chi connectivity index (χ0) is 13.6. The van der Waals surface area contributed by atoms with Crippen LogP contribution < -0.4 is 5.32 Å². The molecule has 0 aromatic carbocycles. The minimum Gasteiger partial charge on any atom is -0.368 e. The summed E-state index contributed by atoms with van der Waals surface area (Å²) >= 11 is 9.37. The molecule has 0 fully saturated rings. The van der Waals surface area contributed by atoms with E-state index < -0.39 is 0 Å². The van der Waals surface area contributed by atoms with Gasteiger partial charge in [0.25, 0.3) is 0 Å². The zero-order valence-corrected chi connectivity index (χ0v) is 13.7. The van der Waals surface area contributed by atoms with E-state index in [1.807, 2.05) is 18.0 Å². The van der Waals surface area contributed by atoms with Gasteiger partial charge in [0.15, 0.2) is 5.16 Å². The van der Waals surface area contributed by atoms with Crippen LogP contribution in [0.1, 0.15) is 26.7 Å². The molecule has 18 heavy (non-hydrogen) atoms. The van der Waals surface area contributed by atoms with Crippen LogP contribution in [0.3, 0.4) is 0 Å². The van der Waals surface area contributed by atoms with Crippen molar-refractivity contribution in [1.82, 2.24) is 9.97 Å².